The van der Waals surface area contributed by atoms with Crippen LogP contribution in [0.1, 0.15) is 26.7 Å². The first-order valence-electron chi connectivity index (χ1n) is 10.6. The summed E-state index contributed by atoms with van der Waals surface area (Å²) in [6.45, 7) is 3.96. The van der Waals surface area contributed by atoms with E-state index in [1.807, 2.05) is 19.9 Å². The molecule has 1 saturated heterocycles. The average molecular weight is 462 g/mol. The summed E-state index contributed by atoms with van der Waals surface area (Å²) in [5, 5.41) is 5.60. The fourth-order valence-electron chi connectivity index (χ4n) is 3.68. The number of hydrogen-bond donors (Lipinski definition) is 2. The van der Waals surface area contributed by atoms with Crippen molar-refractivity contribution in [1.29, 1.82) is 0 Å². The lowest BCUT2D eigenvalue weighted by molar-refractivity contribution is -0.130. The first kappa shape index (κ1) is 23.9. The molecule has 0 bridgehead atoms. The monoisotopic (exact) mass is 461 g/mol. The van der Waals surface area contributed by atoms with E-state index in [-0.39, 0.29) is 35.7 Å². The van der Waals surface area contributed by atoms with Gasteiger partial charge in [-0.15, -0.1) is 0 Å². The second-order valence-corrected chi connectivity index (χ2v) is 10.2. The van der Waals surface area contributed by atoms with Crippen LogP contribution in [-0.4, -0.2) is 43.7 Å². The van der Waals surface area contributed by atoms with Gasteiger partial charge in [0.05, 0.1) is 10.8 Å². The molecule has 1 heterocycles. The number of amides is 2. The van der Waals surface area contributed by atoms with E-state index < -0.39 is 27.8 Å². The Morgan fingerprint density at radius 1 is 1.06 bits per heavy atom. The van der Waals surface area contributed by atoms with E-state index in [0.29, 0.717) is 18.5 Å². The number of carbonyl (C=O) groups is 2. The lowest BCUT2D eigenvalue weighted by atomic mass is 9.96. The number of sulfonamides is 1. The molecule has 2 atom stereocenters. The molecule has 1 fully saturated rings. The van der Waals surface area contributed by atoms with Gasteiger partial charge in [0.25, 0.3) is 0 Å². The number of nitrogens with one attached hydrogen (secondary N) is 2. The first-order valence-corrected chi connectivity index (χ1v) is 12.0. The number of benzene rings is 2. The lowest BCUT2D eigenvalue weighted by Crippen LogP contribution is -2.52. The number of carbonyl (C=O) groups excluding carboxylic acids is 2. The highest BCUT2D eigenvalue weighted by molar-refractivity contribution is 7.89. The van der Waals surface area contributed by atoms with Crippen molar-refractivity contribution in [2.45, 2.75) is 37.6 Å². The fourth-order valence-corrected chi connectivity index (χ4v) is 5.20. The molecule has 0 spiro atoms. The Morgan fingerprint density at radius 2 is 1.72 bits per heavy atom. The molecular formula is C23H28FN3O4S. The van der Waals surface area contributed by atoms with E-state index in [1.165, 1.54) is 16.4 Å². The molecule has 0 radical (unpaired) electrons. The van der Waals surface area contributed by atoms with Crippen LogP contribution in [0.2, 0.25) is 0 Å². The van der Waals surface area contributed by atoms with E-state index in [1.54, 1.807) is 24.3 Å². The first-order chi connectivity index (χ1) is 15.2. The van der Waals surface area contributed by atoms with E-state index in [4.69, 9.17) is 0 Å². The molecule has 2 amide bonds. The topological polar surface area (TPSA) is 95.6 Å². The Bertz CT molecular complexity index is 1040. The third kappa shape index (κ3) is 5.72. The third-order valence-electron chi connectivity index (χ3n) is 5.49. The molecule has 32 heavy (non-hydrogen) atoms. The van der Waals surface area contributed by atoms with Crippen molar-refractivity contribution >= 4 is 27.5 Å². The highest BCUT2D eigenvalue weighted by Crippen LogP contribution is 2.24. The smallest absolute Gasteiger partial charge is 0.247 e. The molecule has 0 aromatic heterocycles. The van der Waals surface area contributed by atoms with Crippen molar-refractivity contribution in [2.75, 3.05) is 18.4 Å². The second-order valence-electron chi connectivity index (χ2n) is 8.24. The number of nitrogens with zero attached hydrogens (tertiary/aromatic N) is 1. The van der Waals surface area contributed by atoms with Gasteiger partial charge in [-0.05, 0) is 55.2 Å². The zero-order valence-corrected chi connectivity index (χ0v) is 18.9. The number of piperidine rings is 1. The van der Waals surface area contributed by atoms with Crippen molar-refractivity contribution in [3.05, 3.63) is 60.4 Å². The summed E-state index contributed by atoms with van der Waals surface area (Å²) in [4.78, 5) is 25.7. The Morgan fingerprint density at radius 3 is 2.34 bits per heavy atom. The van der Waals surface area contributed by atoms with Gasteiger partial charge in [-0.2, -0.15) is 4.31 Å². The average Bonchev–Trinajstić information content (AvgIpc) is 2.78. The molecule has 2 aromatic rings. The molecule has 3 rings (SSSR count). The van der Waals surface area contributed by atoms with Gasteiger partial charge >= 0.3 is 0 Å². The lowest BCUT2D eigenvalue weighted by Gasteiger charge is -2.32. The predicted molar refractivity (Wildman–Crippen MR) is 120 cm³/mol. The van der Waals surface area contributed by atoms with Gasteiger partial charge < -0.3 is 10.6 Å². The molecular weight excluding hydrogens is 433 g/mol. The number of halogens is 1. The van der Waals surface area contributed by atoms with E-state index in [0.717, 1.165) is 12.1 Å². The fraction of sp³-hybridized carbons (Fsp3) is 0.391. The van der Waals surface area contributed by atoms with Gasteiger partial charge in [-0.3, -0.25) is 9.59 Å². The molecule has 9 heteroatoms. The molecule has 7 nitrogen and oxygen atoms in total. The van der Waals surface area contributed by atoms with Crippen LogP contribution in [0.15, 0.2) is 59.5 Å². The Hall–Kier alpha value is -2.78. The van der Waals surface area contributed by atoms with E-state index >= 15 is 0 Å². The van der Waals surface area contributed by atoms with Gasteiger partial charge in [0, 0.05) is 18.8 Å². The van der Waals surface area contributed by atoms with Crippen LogP contribution in [0.25, 0.3) is 0 Å². The number of para-hydroxylation sites is 1. The van der Waals surface area contributed by atoms with Gasteiger partial charge in [0.15, 0.2) is 0 Å². The van der Waals surface area contributed by atoms with Crippen LogP contribution in [0.5, 0.6) is 0 Å². The normalized spacial score (nSPS) is 18.2. The van der Waals surface area contributed by atoms with E-state index in [9.17, 15) is 22.4 Å². The van der Waals surface area contributed by atoms with E-state index in [2.05, 4.69) is 10.6 Å². The van der Waals surface area contributed by atoms with Gasteiger partial charge in [0.1, 0.15) is 11.9 Å². The molecule has 0 aliphatic carbocycles. The summed E-state index contributed by atoms with van der Waals surface area (Å²) < 4.78 is 40.3. The standard InChI is InChI=1S/C23H28FN3O4S/c1-16(2)21(23(29)25-19-8-4-3-5-9-19)26-22(28)17-7-6-14-27(15-17)32(30,31)20-12-10-18(24)11-13-20/h3-5,8-13,16-17,21H,6-7,14-15H2,1-2H3,(H,25,29)(H,26,28). The van der Waals surface area contributed by atoms with Crippen molar-refractivity contribution in [1.82, 2.24) is 9.62 Å². The Labute approximate surface area is 188 Å². The zero-order valence-electron chi connectivity index (χ0n) is 18.1. The van der Waals surface area contributed by atoms with Crippen molar-refractivity contribution in [3.8, 4) is 0 Å². The summed E-state index contributed by atoms with van der Waals surface area (Å²) >= 11 is 0. The van der Waals surface area contributed by atoms with Gasteiger partial charge in [0.2, 0.25) is 21.8 Å². The molecule has 1 aliphatic heterocycles. The predicted octanol–water partition coefficient (Wildman–Crippen LogP) is 3.01. The molecule has 2 aromatic carbocycles. The number of anilines is 1. The van der Waals surface area contributed by atoms with Crippen LogP contribution < -0.4 is 10.6 Å². The van der Waals surface area contributed by atoms with Crippen molar-refractivity contribution in [2.24, 2.45) is 11.8 Å². The van der Waals surface area contributed by atoms with Crippen molar-refractivity contribution in [3.63, 3.8) is 0 Å². The maximum atomic E-state index is 13.2. The van der Waals surface area contributed by atoms with Crippen LogP contribution in [0, 0.1) is 17.7 Å². The minimum atomic E-state index is -3.84. The van der Waals surface area contributed by atoms with Crippen LogP contribution in [0.3, 0.4) is 0 Å². The molecule has 2 unspecified atom stereocenters. The number of hydrogen-bond acceptors (Lipinski definition) is 4. The summed E-state index contributed by atoms with van der Waals surface area (Å²) in [6.07, 6.45) is 1.04. The van der Waals surface area contributed by atoms with Crippen LogP contribution in [0.4, 0.5) is 10.1 Å². The minimum Gasteiger partial charge on any atom is -0.344 e. The molecule has 0 saturated carbocycles. The Balaban J connectivity index is 1.68. The second kappa shape index (κ2) is 10.2. The largest absolute Gasteiger partial charge is 0.344 e. The zero-order chi connectivity index (χ0) is 23.3. The van der Waals surface area contributed by atoms with Crippen molar-refractivity contribution < 1.29 is 22.4 Å². The van der Waals surface area contributed by atoms with Crippen LogP contribution in [-0.2, 0) is 19.6 Å². The van der Waals surface area contributed by atoms with Gasteiger partial charge in [-0.1, -0.05) is 32.0 Å². The van der Waals surface area contributed by atoms with Gasteiger partial charge in [-0.25, -0.2) is 12.8 Å². The maximum Gasteiger partial charge on any atom is 0.247 e. The molecule has 172 valence electrons. The summed E-state index contributed by atoms with van der Waals surface area (Å²) in [5.74, 6) is -1.94. The summed E-state index contributed by atoms with van der Waals surface area (Å²) in [6, 6.07) is 12.8. The summed E-state index contributed by atoms with van der Waals surface area (Å²) in [5.41, 5.74) is 0.631. The third-order valence-corrected chi connectivity index (χ3v) is 7.37. The minimum absolute atomic E-state index is 0.0106. The quantitative estimate of drug-likeness (QED) is 0.663. The number of rotatable bonds is 7. The highest BCUT2D eigenvalue weighted by Gasteiger charge is 2.35. The Kier molecular flexibility index (Phi) is 7.63. The van der Waals surface area contributed by atoms with Crippen LogP contribution >= 0.6 is 0 Å². The molecule has 1 aliphatic rings. The highest BCUT2D eigenvalue weighted by atomic mass is 32.2. The SMILES string of the molecule is CC(C)C(NC(=O)C1CCCN(S(=O)(=O)c2ccc(F)cc2)C1)C(=O)Nc1ccccc1. The maximum absolute atomic E-state index is 13.2. The summed E-state index contributed by atoms with van der Waals surface area (Å²) in [7, 11) is -3.84. The molecule has 2 N–H and O–H groups in total.